The maximum Gasteiger partial charge on any atom is 0.223 e. The molecule has 4 aromatic rings. The van der Waals surface area contributed by atoms with Crippen molar-refractivity contribution in [1.82, 2.24) is 15.3 Å². The van der Waals surface area contributed by atoms with Crippen LogP contribution in [0.1, 0.15) is 12.5 Å². The number of nitrogens with one attached hydrogen (secondary N) is 2. The highest BCUT2D eigenvalue weighted by Gasteiger charge is 2.46. The number of hydrogen-bond donors (Lipinski definition) is 5. The molecule has 202 valence electrons. The van der Waals surface area contributed by atoms with Crippen LogP contribution in [0, 0.1) is 6.92 Å². The maximum atomic E-state index is 11.7. The SMILES string of the molecule is CC(=O)N[C@@H]1[C@H](Oc2cccc(Nc3nc(-c4ccc(C)cc4)nc4ccccc34)c2)O[C@H](CO)[C@@H](O)[C@H]1O. The van der Waals surface area contributed by atoms with E-state index in [1.165, 1.54) is 6.92 Å². The van der Waals surface area contributed by atoms with Crippen LogP contribution in [0.4, 0.5) is 11.5 Å². The normalized spacial score (nSPS) is 22.8. The number of amides is 1. The zero-order valence-electron chi connectivity index (χ0n) is 21.5. The van der Waals surface area contributed by atoms with Gasteiger partial charge in [0.15, 0.2) is 5.82 Å². The molecular weight excluding hydrogens is 500 g/mol. The average molecular weight is 531 g/mol. The first-order valence-electron chi connectivity index (χ1n) is 12.6. The van der Waals surface area contributed by atoms with Gasteiger partial charge in [0, 0.05) is 29.6 Å². The number of para-hydroxylation sites is 1. The third kappa shape index (κ3) is 5.84. The van der Waals surface area contributed by atoms with Gasteiger partial charge in [0.05, 0.1) is 12.1 Å². The third-order valence-electron chi connectivity index (χ3n) is 6.51. The van der Waals surface area contributed by atoms with Crippen molar-refractivity contribution in [3.8, 4) is 17.1 Å². The summed E-state index contributed by atoms with van der Waals surface area (Å²) in [6, 6.07) is 21.7. The van der Waals surface area contributed by atoms with Crippen molar-refractivity contribution in [2.45, 2.75) is 44.5 Å². The Morgan fingerprint density at radius 3 is 2.51 bits per heavy atom. The fourth-order valence-corrected chi connectivity index (χ4v) is 4.49. The number of ether oxygens (including phenoxy) is 2. The van der Waals surface area contributed by atoms with E-state index in [0.29, 0.717) is 23.1 Å². The molecule has 1 aliphatic heterocycles. The van der Waals surface area contributed by atoms with Gasteiger partial charge in [0.25, 0.3) is 0 Å². The Balaban J connectivity index is 1.43. The molecule has 1 saturated heterocycles. The zero-order chi connectivity index (χ0) is 27.5. The van der Waals surface area contributed by atoms with Crippen molar-refractivity contribution in [2.24, 2.45) is 0 Å². The highest BCUT2D eigenvalue weighted by Crippen LogP contribution is 2.30. The van der Waals surface area contributed by atoms with Crippen molar-refractivity contribution < 1.29 is 29.6 Å². The highest BCUT2D eigenvalue weighted by molar-refractivity contribution is 5.92. The van der Waals surface area contributed by atoms with Gasteiger partial charge in [-0.15, -0.1) is 0 Å². The molecule has 10 heteroatoms. The minimum Gasteiger partial charge on any atom is -0.462 e. The Morgan fingerprint density at radius 2 is 1.77 bits per heavy atom. The minimum atomic E-state index is -1.40. The lowest BCUT2D eigenvalue weighted by Gasteiger charge is -2.42. The second-order valence-corrected chi connectivity index (χ2v) is 9.48. The standard InChI is InChI=1S/C29H30N4O6/c1-16-10-12-18(13-11-16)27-32-22-9-4-3-8-21(22)28(33-27)31-19-6-5-7-20(14-19)38-29-24(30-17(2)35)26(37)25(36)23(15-34)39-29/h3-14,23-26,29,34,36-37H,15H2,1-2H3,(H,30,35)(H,31,32,33)/t23-,24+,25-,26+,29-/m1/s1. The van der Waals surface area contributed by atoms with E-state index >= 15 is 0 Å². The molecule has 0 saturated carbocycles. The molecule has 39 heavy (non-hydrogen) atoms. The number of aliphatic hydroxyl groups excluding tert-OH is 3. The van der Waals surface area contributed by atoms with Gasteiger partial charge < -0.3 is 35.4 Å². The van der Waals surface area contributed by atoms with Gasteiger partial charge in [0.1, 0.15) is 35.9 Å². The number of aromatic nitrogens is 2. The van der Waals surface area contributed by atoms with Crippen LogP contribution in [-0.2, 0) is 9.53 Å². The summed E-state index contributed by atoms with van der Waals surface area (Å²) in [5.41, 5.74) is 3.49. The molecule has 0 unspecified atom stereocenters. The molecule has 1 fully saturated rings. The van der Waals surface area contributed by atoms with Crippen LogP contribution >= 0.6 is 0 Å². The Labute approximate surface area is 225 Å². The lowest BCUT2D eigenvalue weighted by atomic mass is 9.97. The van der Waals surface area contributed by atoms with Crippen LogP contribution in [0.5, 0.6) is 5.75 Å². The number of aliphatic hydroxyl groups is 3. The molecule has 5 N–H and O–H groups in total. The van der Waals surface area contributed by atoms with Gasteiger partial charge in [-0.05, 0) is 31.2 Å². The monoisotopic (exact) mass is 530 g/mol. The summed E-state index contributed by atoms with van der Waals surface area (Å²) in [4.78, 5) is 21.3. The van der Waals surface area contributed by atoms with E-state index < -0.39 is 43.2 Å². The second-order valence-electron chi connectivity index (χ2n) is 9.48. The zero-order valence-corrected chi connectivity index (χ0v) is 21.5. The van der Waals surface area contributed by atoms with Crippen LogP contribution in [0.2, 0.25) is 0 Å². The predicted molar refractivity (Wildman–Crippen MR) is 145 cm³/mol. The number of aryl methyl sites for hydroxylation is 1. The quantitative estimate of drug-likeness (QED) is 0.243. The molecule has 3 aromatic carbocycles. The first kappa shape index (κ1) is 26.5. The molecule has 0 spiro atoms. The molecule has 0 radical (unpaired) electrons. The van der Waals surface area contributed by atoms with E-state index in [1.54, 1.807) is 18.2 Å². The Bertz CT molecular complexity index is 1460. The first-order valence-corrected chi connectivity index (χ1v) is 12.6. The summed E-state index contributed by atoms with van der Waals surface area (Å²) >= 11 is 0. The number of benzene rings is 3. The summed E-state index contributed by atoms with van der Waals surface area (Å²) in [6.07, 6.45) is -5.04. The summed E-state index contributed by atoms with van der Waals surface area (Å²) in [5, 5.41) is 37.2. The van der Waals surface area contributed by atoms with Crippen molar-refractivity contribution >= 4 is 28.3 Å². The van der Waals surface area contributed by atoms with Gasteiger partial charge in [-0.1, -0.05) is 48.0 Å². The van der Waals surface area contributed by atoms with Gasteiger partial charge >= 0.3 is 0 Å². The Hall–Kier alpha value is -4.09. The van der Waals surface area contributed by atoms with E-state index in [1.807, 2.05) is 61.5 Å². The van der Waals surface area contributed by atoms with Crippen LogP contribution in [-0.4, -0.2) is 68.4 Å². The lowest BCUT2D eigenvalue weighted by molar-refractivity contribution is -0.244. The highest BCUT2D eigenvalue weighted by atomic mass is 16.7. The molecule has 0 aliphatic carbocycles. The van der Waals surface area contributed by atoms with Gasteiger partial charge in [-0.2, -0.15) is 0 Å². The number of nitrogens with zero attached hydrogens (tertiary/aromatic N) is 2. The molecule has 10 nitrogen and oxygen atoms in total. The Kier molecular flexibility index (Phi) is 7.71. The largest absolute Gasteiger partial charge is 0.462 e. The number of fused-ring (bicyclic) bond motifs is 1. The number of carbonyl (C=O) groups is 1. The minimum absolute atomic E-state index is 0.373. The van der Waals surface area contributed by atoms with E-state index in [0.717, 1.165) is 22.0 Å². The van der Waals surface area contributed by atoms with Gasteiger partial charge in [0.2, 0.25) is 12.2 Å². The maximum absolute atomic E-state index is 11.7. The number of hydrogen-bond acceptors (Lipinski definition) is 9. The van der Waals surface area contributed by atoms with Gasteiger partial charge in [-0.3, -0.25) is 4.79 Å². The first-order chi connectivity index (χ1) is 18.8. The average Bonchev–Trinajstić information content (AvgIpc) is 2.93. The van der Waals surface area contributed by atoms with Crippen molar-refractivity contribution in [2.75, 3.05) is 11.9 Å². The van der Waals surface area contributed by atoms with Crippen LogP contribution < -0.4 is 15.4 Å². The molecule has 1 aliphatic rings. The van der Waals surface area contributed by atoms with Gasteiger partial charge in [-0.25, -0.2) is 9.97 Å². The molecule has 5 atom stereocenters. The van der Waals surface area contributed by atoms with Crippen LogP contribution in [0.3, 0.4) is 0 Å². The van der Waals surface area contributed by atoms with Crippen molar-refractivity contribution in [1.29, 1.82) is 0 Å². The van der Waals surface area contributed by atoms with Crippen LogP contribution in [0.15, 0.2) is 72.8 Å². The summed E-state index contributed by atoms with van der Waals surface area (Å²) in [6.45, 7) is 2.78. The molecule has 2 heterocycles. The smallest absolute Gasteiger partial charge is 0.223 e. The number of anilines is 2. The number of rotatable bonds is 7. The number of carbonyl (C=O) groups excluding carboxylic acids is 1. The van der Waals surface area contributed by atoms with Crippen LogP contribution in [0.25, 0.3) is 22.3 Å². The topological polar surface area (TPSA) is 146 Å². The molecular formula is C29H30N4O6. The molecule has 5 rings (SSSR count). The summed E-state index contributed by atoms with van der Waals surface area (Å²) < 4.78 is 11.7. The lowest BCUT2D eigenvalue weighted by Crippen LogP contribution is -2.65. The van der Waals surface area contributed by atoms with E-state index in [-0.39, 0.29) is 0 Å². The fourth-order valence-electron chi connectivity index (χ4n) is 4.49. The van der Waals surface area contributed by atoms with Crippen molar-refractivity contribution in [3.05, 3.63) is 78.4 Å². The van der Waals surface area contributed by atoms with Crippen molar-refractivity contribution in [3.63, 3.8) is 0 Å². The van der Waals surface area contributed by atoms with E-state index in [9.17, 15) is 20.1 Å². The summed E-state index contributed by atoms with van der Waals surface area (Å²) in [5.74, 6) is 1.14. The molecule has 1 aromatic heterocycles. The summed E-state index contributed by atoms with van der Waals surface area (Å²) in [7, 11) is 0. The predicted octanol–water partition coefficient (Wildman–Crippen LogP) is 2.67. The van der Waals surface area contributed by atoms with E-state index in [4.69, 9.17) is 19.4 Å². The molecule has 1 amide bonds. The second kappa shape index (κ2) is 11.3. The molecule has 0 bridgehead atoms. The van der Waals surface area contributed by atoms with E-state index in [2.05, 4.69) is 10.6 Å². The third-order valence-corrected chi connectivity index (χ3v) is 6.51. The fraction of sp³-hybridized carbons (Fsp3) is 0.276. The Morgan fingerprint density at radius 1 is 1.00 bits per heavy atom.